The molecule has 1 fully saturated rings. The molecule has 0 spiro atoms. The molecular formula is C13H17BClN3O2. The third kappa shape index (κ3) is 1.94. The van der Waals surface area contributed by atoms with Gasteiger partial charge in [-0.25, -0.2) is 0 Å². The predicted molar refractivity (Wildman–Crippen MR) is 79.2 cm³/mol. The fourth-order valence-electron chi connectivity index (χ4n) is 2.33. The number of hydrogen-bond donors (Lipinski definition) is 0. The lowest BCUT2D eigenvalue weighted by Gasteiger charge is -2.32. The van der Waals surface area contributed by atoms with Crippen molar-refractivity contribution < 1.29 is 9.31 Å². The molecule has 3 rings (SSSR count). The number of aryl methyl sites for hydroxylation is 1. The number of hydrogen-bond acceptors (Lipinski definition) is 4. The van der Waals surface area contributed by atoms with Crippen LogP contribution in [-0.4, -0.2) is 33.1 Å². The second-order valence-electron chi connectivity index (χ2n) is 6.19. The van der Waals surface area contributed by atoms with Gasteiger partial charge in [-0.2, -0.15) is 0 Å². The predicted octanol–water partition coefficient (Wildman–Crippen LogP) is 1.92. The Kier molecular flexibility index (Phi) is 2.91. The van der Waals surface area contributed by atoms with E-state index in [0.717, 1.165) is 16.5 Å². The van der Waals surface area contributed by atoms with Crippen molar-refractivity contribution in [2.45, 2.75) is 38.9 Å². The van der Waals surface area contributed by atoms with Crippen LogP contribution in [0.25, 0.3) is 11.0 Å². The van der Waals surface area contributed by atoms with Gasteiger partial charge in [0.15, 0.2) is 10.8 Å². The van der Waals surface area contributed by atoms with Crippen molar-refractivity contribution in [1.29, 1.82) is 0 Å². The highest BCUT2D eigenvalue weighted by molar-refractivity contribution is 6.65. The van der Waals surface area contributed by atoms with Crippen molar-refractivity contribution in [3.8, 4) is 0 Å². The van der Waals surface area contributed by atoms with Crippen LogP contribution in [0.2, 0.25) is 5.15 Å². The third-order valence-electron chi connectivity index (χ3n) is 4.23. The first kappa shape index (κ1) is 13.9. The minimum absolute atomic E-state index is 0.362. The molecule has 0 aliphatic carbocycles. The molecule has 2 aromatic heterocycles. The van der Waals surface area contributed by atoms with Crippen molar-refractivity contribution >= 4 is 35.2 Å². The van der Waals surface area contributed by atoms with Gasteiger partial charge in [0.1, 0.15) is 0 Å². The topological polar surface area (TPSA) is 49.2 Å². The minimum atomic E-state index is -0.427. The van der Waals surface area contributed by atoms with E-state index in [4.69, 9.17) is 20.9 Å². The second kappa shape index (κ2) is 4.19. The average Bonchev–Trinajstić information content (AvgIpc) is 2.74. The molecule has 0 unspecified atom stereocenters. The Morgan fingerprint density at radius 2 is 1.75 bits per heavy atom. The van der Waals surface area contributed by atoms with Crippen molar-refractivity contribution in [3.63, 3.8) is 0 Å². The Morgan fingerprint density at radius 3 is 2.35 bits per heavy atom. The molecule has 2 aromatic rings. The zero-order valence-electron chi connectivity index (χ0n) is 12.3. The van der Waals surface area contributed by atoms with E-state index in [1.807, 2.05) is 45.5 Å². The van der Waals surface area contributed by atoms with Crippen LogP contribution in [0.3, 0.4) is 0 Å². The van der Waals surface area contributed by atoms with Crippen LogP contribution >= 0.6 is 11.6 Å². The Morgan fingerprint density at radius 1 is 1.15 bits per heavy atom. The molecule has 0 atom stereocenters. The largest absolute Gasteiger partial charge is 0.497 e. The molecule has 0 bridgehead atoms. The number of halogens is 1. The number of aromatic nitrogens is 3. The molecule has 5 nitrogen and oxygen atoms in total. The first-order chi connectivity index (χ1) is 9.21. The molecule has 0 radical (unpaired) electrons. The van der Waals surface area contributed by atoms with Gasteiger partial charge in [0, 0.05) is 24.1 Å². The van der Waals surface area contributed by atoms with Gasteiger partial charge in [-0.3, -0.25) is 0 Å². The van der Waals surface area contributed by atoms with Crippen LogP contribution < -0.4 is 5.46 Å². The van der Waals surface area contributed by atoms with Crippen molar-refractivity contribution in [2.75, 3.05) is 0 Å². The summed E-state index contributed by atoms with van der Waals surface area (Å²) in [5.74, 6) is 0. The molecule has 1 aliphatic heterocycles. The summed E-state index contributed by atoms with van der Waals surface area (Å²) in [4.78, 5) is 0. The molecule has 0 amide bonds. The maximum Gasteiger partial charge on any atom is 0.497 e. The first-order valence-corrected chi connectivity index (χ1v) is 6.93. The van der Waals surface area contributed by atoms with Crippen LogP contribution in [0.1, 0.15) is 27.7 Å². The lowest BCUT2D eigenvalue weighted by Crippen LogP contribution is -2.41. The summed E-state index contributed by atoms with van der Waals surface area (Å²) in [5.41, 5.74) is 0.950. The van der Waals surface area contributed by atoms with Gasteiger partial charge < -0.3 is 13.9 Å². The van der Waals surface area contributed by atoms with Gasteiger partial charge in [0.2, 0.25) is 0 Å². The molecule has 3 heterocycles. The van der Waals surface area contributed by atoms with Gasteiger partial charge in [-0.05, 0) is 33.8 Å². The molecule has 7 heteroatoms. The van der Waals surface area contributed by atoms with Crippen molar-refractivity contribution in [3.05, 3.63) is 17.4 Å². The van der Waals surface area contributed by atoms with Crippen LogP contribution in [0.4, 0.5) is 0 Å². The molecule has 20 heavy (non-hydrogen) atoms. The standard InChI is InChI=1S/C13H17BClN3O2/c1-12(2)13(3,4)20-14(19-12)9-7-18(5)11-8(9)6-10(15)16-17-11/h6-7H,1-5H3. The van der Waals surface area contributed by atoms with E-state index in [2.05, 4.69) is 10.2 Å². The monoisotopic (exact) mass is 293 g/mol. The SMILES string of the molecule is Cn1cc(B2OC(C)(C)C(C)(C)O2)c2cc(Cl)nnc21. The van der Waals surface area contributed by atoms with Crippen LogP contribution in [0, 0.1) is 0 Å². The lowest BCUT2D eigenvalue weighted by molar-refractivity contribution is 0.00578. The lowest BCUT2D eigenvalue weighted by atomic mass is 9.79. The highest BCUT2D eigenvalue weighted by Gasteiger charge is 2.52. The highest BCUT2D eigenvalue weighted by atomic mass is 35.5. The van der Waals surface area contributed by atoms with Gasteiger partial charge >= 0.3 is 7.12 Å². The molecule has 0 aromatic carbocycles. The number of fused-ring (bicyclic) bond motifs is 1. The summed E-state index contributed by atoms with van der Waals surface area (Å²) in [6, 6.07) is 1.80. The third-order valence-corrected chi connectivity index (χ3v) is 4.41. The quantitative estimate of drug-likeness (QED) is 0.754. The Bertz CT molecular complexity index is 668. The zero-order valence-corrected chi connectivity index (χ0v) is 13.0. The minimum Gasteiger partial charge on any atom is -0.399 e. The summed E-state index contributed by atoms with van der Waals surface area (Å²) < 4.78 is 14.1. The molecule has 1 aliphatic rings. The fourth-order valence-corrected chi connectivity index (χ4v) is 2.48. The maximum absolute atomic E-state index is 6.08. The Labute approximate surface area is 123 Å². The Hall–Kier alpha value is -1.11. The van der Waals surface area contributed by atoms with Gasteiger partial charge in [0.25, 0.3) is 0 Å². The second-order valence-corrected chi connectivity index (χ2v) is 6.58. The van der Waals surface area contributed by atoms with E-state index in [9.17, 15) is 0 Å². The molecule has 0 saturated carbocycles. The van der Waals surface area contributed by atoms with Crippen LogP contribution in [-0.2, 0) is 16.4 Å². The van der Waals surface area contributed by atoms with Gasteiger partial charge in [-0.15, -0.1) is 10.2 Å². The molecule has 1 saturated heterocycles. The number of rotatable bonds is 1. The van der Waals surface area contributed by atoms with E-state index in [1.165, 1.54) is 0 Å². The molecular weight excluding hydrogens is 276 g/mol. The van der Waals surface area contributed by atoms with Crippen molar-refractivity contribution in [1.82, 2.24) is 14.8 Å². The number of nitrogens with zero attached hydrogens (tertiary/aromatic N) is 3. The zero-order chi connectivity index (χ0) is 14.7. The normalized spacial score (nSPS) is 20.8. The molecule has 0 N–H and O–H groups in total. The van der Waals surface area contributed by atoms with Crippen LogP contribution in [0.5, 0.6) is 0 Å². The first-order valence-electron chi connectivity index (χ1n) is 6.55. The highest BCUT2D eigenvalue weighted by Crippen LogP contribution is 2.37. The smallest absolute Gasteiger partial charge is 0.399 e. The fraction of sp³-hybridized carbons (Fsp3) is 0.538. The average molecular weight is 294 g/mol. The summed E-state index contributed by atoms with van der Waals surface area (Å²) in [7, 11) is 1.49. The maximum atomic E-state index is 6.08. The van der Waals surface area contributed by atoms with E-state index >= 15 is 0 Å². The summed E-state index contributed by atoms with van der Waals surface area (Å²) >= 11 is 5.95. The van der Waals surface area contributed by atoms with E-state index in [-0.39, 0.29) is 11.2 Å². The summed E-state index contributed by atoms with van der Waals surface area (Å²) in [6.45, 7) is 8.13. The molecule has 106 valence electrons. The summed E-state index contributed by atoms with van der Waals surface area (Å²) in [5, 5.41) is 9.26. The van der Waals surface area contributed by atoms with Gasteiger partial charge in [0.05, 0.1) is 11.2 Å². The Balaban J connectivity index is 2.10. The van der Waals surface area contributed by atoms with E-state index in [0.29, 0.717) is 5.15 Å². The van der Waals surface area contributed by atoms with Crippen LogP contribution in [0.15, 0.2) is 12.3 Å². The van der Waals surface area contributed by atoms with Crippen molar-refractivity contribution in [2.24, 2.45) is 7.05 Å². The van der Waals surface area contributed by atoms with E-state index in [1.54, 1.807) is 6.07 Å². The van der Waals surface area contributed by atoms with E-state index < -0.39 is 7.12 Å². The summed E-state index contributed by atoms with van der Waals surface area (Å²) in [6.07, 6.45) is 1.96. The van der Waals surface area contributed by atoms with Gasteiger partial charge in [-0.1, -0.05) is 11.6 Å².